The van der Waals surface area contributed by atoms with Gasteiger partial charge in [-0.3, -0.25) is 0 Å². The summed E-state index contributed by atoms with van der Waals surface area (Å²) < 4.78 is 13.1. The number of hydrogen-bond acceptors (Lipinski definition) is 1. The summed E-state index contributed by atoms with van der Waals surface area (Å²) in [6.07, 6.45) is 2.03. The van der Waals surface area contributed by atoms with Crippen molar-refractivity contribution in [3.63, 3.8) is 0 Å². The van der Waals surface area contributed by atoms with E-state index in [4.69, 9.17) is 0 Å². The molecule has 24 heavy (non-hydrogen) atoms. The van der Waals surface area contributed by atoms with Gasteiger partial charge in [0.25, 0.3) is 0 Å². The lowest BCUT2D eigenvalue weighted by molar-refractivity contribution is 0.251. The number of para-hydroxylation sites is 1. The molecule has 2 N–H and O–H groups in total. The summed E-state index contributed by atoms with van der Waals surface area (Å²) >= 11 is 0. The molecule has 4 heteroatoms. The van der Waals surface area contributed by atoms with E-state index in [2.05, 4.69) is 24.5 Å². The Balaban J connectivity index is 1.61. The average Bonchev–Trinajstić information content (AvgIpc) is 3.35. The van der Waals surface area contributed by atoms with Crippen molar-refractivity contribution >= 4 is 11.7 Å². The van der Waals surface area contributed by atoms with Gasteiger partial charge in [0.1, 0.15) is 5.82 Å². The second-order valence-electron chi connectivity index (χ2n) is 6.84. The molecule has 0 saturated heterocycles. The normalized spacial score (nSPS) is 15.2. The Bertz CT molecular complexity index is 721. The molecule has 0 aliphatic heterocycles. The molecule has 1 aliphatic rings. The summed E-state index contributed by atoms with van der Waals surface area (Å²) in [6, 6.07) is 14.2. The average molecular weight is 326 g/mol. The first-order valence-corrected chi connectivity index (χ1v) is 8.40. The largest absolute Gasteiger partial charge is 0.337 e. The summed E-state index contributed by atoms with van der Waals surface area (Å²) in [5.41, 5.74) is 3.01. The van der Waals surface area contributed by atoms with Crippen molar-refractivity contribution in [2.75, 3.05) is 11.9 Å². The van der Waals surface area contributed by atoms with E-state index < -0.39 is 0 Å². The summed E-state index contributed by atoms with van der Waals surface area (Å²) in [4.78, 5) is 12.3. The van der Waals surface area contributed by atoms with Crippen LogP contribution < -0.4 is 10.6 Å². The number of carbonyl (C=O) groups is 1. The van der Waals surface area contributed by atoms with Crippen LogP contribution in [0.15, 0.2) is 48.5 Å². The molecule has 2 aromatic rings. The zero-order chi connectivity index (χ0) is 17.2. The molecule has 0 atom stereocenters. The Morgan fingerprint density at radius 3 is 2.42 bits per heavy atom. The van der Waals surface area contributed by atoms with Gasteiger partial charge in [-0.15, -0.1) is 0 Å². The summed E-state index contributed by atoms with van der Waals surface area (Å²) in [6.45, 7) is 4.77. The molecule has 0 spiro atoms. The molecule has 0 aromatic heterocycles. The zero-order valence-electron chi connectivity index (χ0n) is 14.1. The fourth-order valence-corrected chi connectivity index (χ4v) is 3.05. The number of anilines is 1. The van der Waals surface area contributed by atoms with Crippen molar-refractivity contribution in [1.29, 1.82) is 0 Å². The Morgan fingerprint density at radius 2 is 1.79 bits per heavy atom. The number of halogens is 1. The maximum absolute atomic E-state index is 13.1. The number of carbonyl (C=O) groups excluding carboxylic acids is 1. The van der Waals surface area contributed by atoms with E-state index in [1.54, 1.807) is 0 Å². The third-order valence-electron chi connectivity index (χ3n) is 4.73. The van der Waals surface area contributed by atoms with E-state index in [9.17, 15) is 9.18 Å². The van der Waals surface area contributed by atoms with Crippen LogP contribution in [0.4, 0.5) is 14.9 Å². The highest BCUT2D eigenvalue weighted by atomic mass is 19.1. The first kappa shape index (κ1) is 16.5. The molecule has 0 unspecified atom stereocenters. The van der Waals surface area contributed by atoms with E-state index in [1.165, 1.54) is 12.1 Å². The number of urea groups is 1. The van der Waals surface area contributed by atoms with Crippen LogP contribution in [0.5, 0.6) is 0 Å². The summed E-state index contributed by atoms with van der Waals surface area (Å²) in [5.74, 6) is 0.112. The predicted octanol–water partition coefficient (Wildman–Crippen LogP) is 4.80. The van der Waals surface area contributed by atoms with Gasteiger partial charge < -0.3 is 10.6 Å². The lowest BCUT2D eigenvalue weighted by Crippen LogP contribution is -2.35. The molecule has 1 aliphatic carbocycles. The van der Waals surface area contributed by atoms with Crippen LogP contribution in [0.3, 0.4) is 0 Å². The summed E-state index contributed by atoms with van der Waals surface area (Å²) in [7, 11) is 0. The van der Waals surface area contributed by atoms with Crippen molar-refractivity contribution in [3.05, 3.63) is 65.5 Å². The lowest BCUT2D eigenvalue weighted by atomic mass is 9.96. The molecular weight excluding hydrogens is 303 g/mol. The maximum Gasteiger partial charge on any atom is 0.319 e. The minimum Gasteiger partial charge on any atom is -0.337 e. The first-order chi connectivity index (χ1) is 11.5. The fourth-order valence-electron chi connectivity index (χ4n) is 3.05. The molecule has 2 aromatic carbocycles. The second-order valence-corrected chi connectivity index (χ2v) is 6.84. The number of nitrogens with one attached hydrogen (secondary N) is 2. The number of rotatable bonds is 5. The number of amides is 2. The van der Waals surface area contributed by atoms with E-state index in [0.717, 1.165) is 29.7 Å². The van der Waals surface area contributed by atoms with E-state index in [1.807, 2.05) is 36.4 Å². The van der Waals surface area contributed by atoms with E-state index in [0.29, 0.717) is 12.5 Å². The second kappa shape index (κ2) is 6.63. The maximum atomic E-state index is 13.1. The lowest BCUT2D eigenvalue weighted by Gasteiger charge is -2.18. The molecule has 1 saturated carbocycles. The van der Waals surface area contributed by atoms with Gasteiger partial charge in [0.2, 0.25) is 0 Å². The highest BCUT2D eigenvalue weighted by Crippen LogP contribution is 2.47. The quantitative estimate of drug-likeness (QED) is 0.814. The Hall–Kier alpha value is -2.36. The standard InChI is InChI=1S/C20H23FN2O/c1-14(2)17-5-3-4-6-18(17)23-19(24)22-13-20(11-12-20)15-7-9-16(21)10-8-15/h3-10,14H,11-13H2,1-2H3,(H2,22,23,24). The molecule has 3 rings (SSSR count). The number of hydrogen-bond donors (Lipinski definition) is 2. The minimum absolute atomic E-state index is 0.0391. The summed E-state index contributed by atoms with van der Waals surface area (Å²) in [5, 5.41) is 5.91. The third kappa shape index (κ3) is 3.58. The Labute approximate surface area is 142 Å². The van der Waals surface area contributed by atoms with Crippen LogP contribution >= 0.6 is 0 Å². The van der Waals surface area contributed by atoms with Crippen LogP contribution in [0.25, 0.3) is 0 Å². The van der Waals surface area contributed by atoms with Crippen LogP contribution in [-0.2, 0) is 5.41 Å². The molecular formula is C20H23FN2O. The highest BCUT2D eigenvalue weighted by molar-refractivity contribution is 5.90. The van der Waals surface area contributed by atoms with Crippen molar-refractivity contribution in [2.24, 2.45) is 0 Å². The minimum atomic E-state index is -0.231. The van der Waals surface area contributed by atoms with Crippen molar-refractivity contribution in [2.45, 2.75) is 38.0 Å². The van der Waals surface area contributed by atoms with Gasteiger partial charge in [-0.05, 0) is 48.1 Å². The SMILES string of the molecule is CC(C)c1ccccc1NC(=O)NCC1(c2ccc(F)cc2)CC1. The van der Waals surface area contributed by atoms with Crippen LogP contribution in [0, 0.1) is 5.82 Å². The zero-order valence-corrected chi connectivity index (χ0v) is 14.1. The van der Waals surface area contributed by atoms with Crippen molar-refractivity contribution in [3.8, 4) is 0 Å². The smallest absolute Gasteiger partial charge is 0.319 e. The molecule has 0 bridgehead atoms. The Kier molecular flexibility index (Phi) is 4.56. The van der Waals surface area contributed by atoms with Crippen molar-refractivity contribution < 1.29 is 9.18 Å². The van der Waals surface area contributed by atoms with Crippen molar-refractivity contribution in [1.82, 2.24) is 5.32 Å². The molecule has 1 fully saturated rings. The molecule has 0 radical (unpaired) electrons. The predicted molar refractivity (Wildman–Crippen MR) is 94.9 cm³/mol. The van der Waals surface area contributed by atoms with Crippen LogP contribution in [-0.4, -0.2) is 12.6 Å². The van der Waals surface area contributed by atoms with Gasteiger partial charge in [0.05, 0.1) is 0 Å². The monoisotopic (exact) mass is 326 g/mol. The van der Waals surface area contributed by atoms with Crippen LogP contribution in [0.1, 0.15) is 43.7 Å². The topological polar surface area (TPSA) is 41.1 Å². The van der Waals surface area contributed by atoms with E-state index in [-0.39, 0.29) is 17.3 Å². The van der Waals surface area contributed by atoms with Crippen LogP contribution in [0.2, 0.25) is 0 Å². The van der Waals surface area contributed by atoms with Gasteiger partial charge in [-0.1, -0.05) is 44.2 Å². The van der Waals surface area contributed by atoms with Gasteiger partial charge in [0, 0.05) is 17.6 Å². The molecule has 3 nitrogen and oxygen atoms in total. The number of benzene rings is 2. The third-order valence-corrected chi connectivity index (χ3v) is 4.73. The fraction of sp³-hybridized carbons (Fsp3) is 0.350. The highest BCUT2D eigenvalue weighted by Gasteiger charge is 2.44. The molecule has 2 amide bonds. The molecule has 0 heterocycles. The van der Waals surface area contributed by atoms with E-state index >= 15 is 0 Å². The molecule has 126 valence electrons. The first-order valence-electron chi connectivity index (χ1n) is 8.40. The van der Waals surface area contributed by atoms with Gasteiger partial charge in [0.15, 0.2) is 0 Å². The Morgan fingerprint density at radius 1 is 1.12 bits per heavy atom. The van der Waals surface area contributed by atoms with Gasteiger partial charge in [-0.25, -0.2) is 9.18 Å². The van der Waals surface area contributed by atoms with Gasteiger partial charge in [-0.2, -0.15) is 0 Å². The van der Waals surface area contributed by atoms with Gasteiger partial charge >= 0.3 is 6.03 Å².